The van der Waals surface area contributed by atoms with Gasteiger partial charge >= 0.3 is 5.97 Å². The summed E-state index contributed by atoms with van der Waals surface area (Å²) in [6.07, 6.45) is 1.40. The van der Waals surface area contributed by atoms with Gasteiger partial charge in [-0.05, 0) is 68.0 Å². The molecule has 38 heavy (non-hydrogen) atoms. The fourth-order valence-electron chi connectivity index (χ4n) is 5.15. The van der Waals surface area contributed by atoms with Crippen molar-refractivity contribution >= 4 is 27.7 Å². The molecule has 0 saturated heterocycles. The summed E-state index contributed by atoms with van der Waals surface area (Å²) < 4.78 is 22.8. The van der Waals surface area contributed by atoms with E-state index in [1.807, 2.05) is 51.1 Å². The highest BCUT2D eigenvalue weighted by molar-refractivity contribution is 9.10. The Morgan fingerprint density at radius 2 is 1.71 bits per heavy atom. The molecule has 0 saturated carbocycles. The van der Waals surface area contributed by atoms with Gasteiger partial charge in [0.15, 0.2) is 17.3 Å². The Morgan fingerprint density at radius 3 is 2.32 bits per heavy atom. The first kappa shape index (κ1) is 27.8. The second-order valence-electron chi connectivity index (χ2n) is 9.64. The van der Waals surface area contributed by atoms with Crippen molar-refractivity contribution in [2.75, 3.05) is 21.3 Å². The van der Waals surface area contributed by atoms with E-state index in [9.17, 15) is 9.59 Å². The summed E-state index contributed by atoms with van der Waals surface area (Å²) in [6.45, 7) is 5.69. The lowest BCUT2D eigenvalue weighted by atomic mass is 9.71. The standard InChI is InChI=1S/C30H34BrNO6/c1-7-16(2)38-30(34)27-17(3)32-23-12-19(18-8-10-20(35-4)11-9-18)13-24(33)29(23)28(27)21-14-25(36-5)26(37-6)15-22(21)31/h8-11,14-16,19,28,32H,7,12-13H2,1-6H3/t16-,19-,28-/m0/s1. The normalized spacial score (nSPS) is 19.9. The van der Waals surface area contributed by atoms with Crippen LogP contribution in [-0.2, 0) is 14.3 Å². The molecule has 0 radical (unpaired) electrons. The van der Waals surface area contributed by atoms with E-state index in [4.69, 9.17) is 18.9 Å². The highest BCUT2D eigenvalue weighted by Crippen LogP contribution is 2.49. The third-order valence-electron chi connectivity index (χ3n) is 7.33. The Morgan fingerprint density at radius 1 is 1.05 bits per heavy atom. The van der Waals surface area contributed by atoms with Crippen LogP contribution in [0.1, 0.15) is 63.0 Å². The van der Waals surface area contributed by atoms with Crippen LogP contribution in [0.15, 0.2) is 63.4 Å². The van der Waals surface area contributed by atoms with Crippen molar-refractivity contribution < 1.29 is 28.5 Å². The molecule has 2 aromatic rings. The number of hydrogen-bond donors (Lipinski definition) is 1. The number of allylic oxidation sites excluding steroid dienone is 3. The van der Waals surface area contributed by atoms with Gasteiger partial charge < -0.3 is 24.3 Å². The van der Waals surface area contributed by atoms with Gasteiger partial charge in [-0.25, -0.2) is 4.79 Å². The van der Waals surface area contributed by atoms with Crippen LogP contribution in [0.2, 0.25) is 0 Å². The Bertz CT molecular complexity index is 1300. The number of dihydropyridines is 1. The van der Waals surface area contributed by atoms with Gasteiger partial charge in [-0.2, -0.15) is 0 Å². The number of methoxy groups -OCH3 is 3. The molecule has 1 N–H and O–H groups in total. The minimum Gasteiger partial charge on any atom is -0.497 e. The van der Waals surface area contributed by atoms with Crippen LogP contribution in [0.3, 0.4) is 0 Å². The molecule has 1 aliphatic heterocycles. The first-order valence-corrected chi connectivity index (χ1v) is 13.5. The van der Waals surface area contributed by atoms with Gasteiger partial charge in [-0.15, -0.1) is 0 Å². The second kappa shape index (κ2) is 11.6. The molecule has 0 unspecified atom stereocenters. The van der Waals surface area contributed by atoms with Crippen molar-refractivity contribution in [2.24, 2.45) is 0 Å². The molecule has 2 aliphatic rings. The SMILES string of the molecule is CC[C@H](C)OC(=O)C1=C(C)NC2=C(C(=O)C[C@@H](c3ccc(OC)cc3)C2)[C@H]1c1cc(OC)c(OC)cc1Br. The van der Waals surface area contributed by atoms with E-state index < -0.39 is 11.9 Å². The summed E-state index contributed by atoms with van der Waals surface area (Å²) >= 11 is 3.67. The van der Waals surface area contributed by atoms with Crippen LogP contribution in [0.25, 0.3) is 0 Å². The summed E-state index contributed by atoms with van der Waals surface area (Å²) in [5, 5.41) is 3.41. The van der Waals surface area contributed by atoms with Gasteiger partial charge in [0.25, 0.3) is 0 Å². The van der Waals surface area contributed by atoms with E-state index in [0.717, 1.165) is 22.6 Å². The highest BCUT2D eigenvalue weighted by atomic mass is 79.9. The quantitative estimate of drug-likeness (QED) is 0.371. The van der Waals surface area contributed by atoms with Crippen molar-refractivity contribution in [1.29, 1.82) is 0 Å². The number of rotatable bonds is 8. The summed E-state index contributed by atoms with van der Waals surface area (Å²) in [6, 6.07) is 11.5. The van der Waals surface area contributed by atoms with Crippen molar-refractivity contribution in [3.05, 3.63) is 74.5 Å². The molecule has 0 spiro atoms. The molecular weight excluding hydrogens is 550 g/mol. The second-order valence-corrected chi connectivity index (χ2v) is 10.5. The number of benzene rings is 2. The number of esters is 1. The fourth-order valence-corrected chi connectivity index (χ4v) is 5.70. The van der Waals surface area contributed by atoms with Crippen LogP contribution >= 0.6 is 15.9 Å². The molecule has 0 fully saturated rings. The van der Waals surface area contributed by atoms with Crippen LogP contribution < -0.4 is 19.5 Å². The van der Waals surface area contributed by atoms with Crippen molar-refractivity contribution in [1.82, 2.24) is 5.32 Å². The number of hydrogen-bond acceptors (Lipinski definition) is 7. The fraction of sp³-hybridized carbons (Fsp3) is 0.400. The maximum absolute atomic E-state index is 13.9. The first-order chi connectivity index (χ1) is 18.2. The topological polar surface area (TPSA) is 83.1 Å². The minimum absolute atomic E-state index is 0.00686. The summed E-state index contributed by atoms with van der Waals surface area (Å²) in [7, 11) is 4.76. The van der Waals surface area contributed by atoms with Crippen molar-refractivity contribution in [2.45, 2.75) is 58.0 Å². The number of ether oxygens (including phenoxy) is 4. The monoisotopic (exact) mass is 583 g/mol. The van der Waals surface area contributed by atoms with Gasteiger partial charge in [0.1, 0.15) is 5.75 Å². The van der Waals surface area contributed by atoms with E-state index in [1.165, 1.54) is 0 Å². The van der Waals surface area contributed by atoms with E-state index >= 15 is 0 Å². The Hall–Kier alpha value is -3.26. The van der Waals surface area contributed by atoms with Crippen LogP contribution in [0, 0.1) is 0 Å². The molecule has 1 aliphatic carbocycles. The van der Waals surface area contributed by atoms with Gasteiger partial charge in [0, 0.05) is 33.8 Å². The van der Waals surface area contributed by atoms with E-state index in [-0.39, 0.29) is 17.8 Å². The molecule has 0 amide bonds. The third kappa shape index (κ3) is 5.32. The Kier molecular flexibility index (Phi) is 8.51. The molecule has 0 bridgehead atoms. The summed E-state index contributed by atoms with van der Waals surface area (Å²) in [4.78, 5) is 27.4. The van der Waals surface area contributed by atoms with Crippen LogP contribution in [-0.4, -0.2) is 39.2 Å². The largest absolute Gasteiger partial charge is 0.497 e. The van der Waals surface area contributed by atoms with Gasteiger partial charge in [0.05, 0.1) is 33.0 Å². The predicted octanol–water partition coefficient (Wildman–Crippen LogP) is 6.18. The minimum atomic E-state index is -0.624. The van der Waals surface area contributed by atoms with Gasteiger partial charge in [-0.1, -0.05) is 35.0 Å². The van der Waals surface area contributed by atoms with Crippen molar-refractivity contribution in [3.63, 3.8) is 0 Å². The van der Waals surface area contributed by atoms with Crippen molar-refractivity contribution in [3.8, 4) is 17.2 Å². The number of Topliss-reactive ketones (excluding diaryl/α,β-unsaturated/α-hetero) is 1. The zero-order valence-corrected chi connectivity index (χ0v) is 24.2. The molecule has 202 valence electrons. The van der Waals surface area contributed by atoms with E-state index in [0.29, 0.717) is 52.1 Å². The maximum Gasteiger partial charge on any atom is 0.337 e. The molecular formula is C30H34BrNO6. The number of nitrogens with one attached hydrogen (secondary N) is 1. The molecule has 7 nitrogen and oxygen atoms in total. The summed E-state index contributed by atoms with van der Waals surface area (Å²) in [5.41, 5.74) is 4.32. The maximum atomic E-state index is 13.9. The zero-order chi connectivity index (χ0) is 27.6. The number of carbonyl (C=O) groups is 2. The Balaban J connectivity index is 1.84. The lowest BCUT2D eigenvalue weighted by molar-refractivity contribution is -0.144. The van der Waals surface area contributed by atoms with Crippen LogP contribution in [0.4, 0.5) is 0 Å². The summed E-state index contributed by atoms with van der Waals surface area (Å²) in [5.74, 6) is 0.772. The predicted molar refractivity (Wildman–Crippen MR) is 149 cm³/mol. The van der Waals surface area contributed by atoms with Crippen LogP contribution in [0.5, 0.6) is 17.2 Å². The Labute approximate surface area is 232 Å². The number of halogens is 1. The lowest BCUT2D eigenvalue weighted by Crippen LogP contribution is -2.36. The number of ketones is 1. The third-order valence-corrected chi connectivity index (χ3v) is 8.02. The van der Waals surface area contributed by atoms with E-state index in [1.54, 1.807) is 27.4 Å². The molecule has 0 aromatic heterocycles. The first-order valence-electron chi connectivity index (χ1n) is 12.7. The average Bonchev–Trinajstić information content (AvgIpc) is 2.91. The molecule has 3 atom stereocenters. The average molecular weight is 585 g/mol. The molecule has 2 aromatic carbocycles. The van der Waals surface area contributed by atoms with E-state index in [2.05, 4.69) is 21.2 Å². The number of carbonyl (C=O) groups excluding carboxylic acids is 2. The molecule has 4 rings (SSSR count). The molecule has 1 heterocycles. The lowest BCUT2D eigenvalue weighted by Gasteiger charge is -2.37. The highest BCUT2D eigenvalue weighted by Gasteiger charge is 2.42. The van der Waals surface area contributed by atoms with Gasteiger partial charge in [0.2, 0.25) is 0 Å². The van der Waals surface area contributed by atoms with Gasteiger partial charge in [-0.3, -0.25) is 4.79 Å². The molecule has 8 heteroatoms. The smallest absolute Gasteiger partial charge is 0.337 e. The zero-order valence-electron chi connectivity index (χ0n) is 22.6.